The van der Waals surface area contributed by atoms with E-state index in [2.05, 4.69) is 83.5 Å². The van der Waals surface area contributed by atoms with Gasteiger partial charge in [0.05, 0.1) is 33.5 Å². The van der Waals surface area contributed by atoms with E-state index in [4.69, 9.17) is 9.47 Å². The molecule has 0 atom stereocenters. The lowest BCUT2D eigenvalue weighted by atomic mass is 10.1. The van der Waals surface area contributed by atoms with Crippen molar-refractivity contribution in [2.24, 2.45) is 0 Å². The molecule has 1 heterocycles. The molecule has 0 saturated heterocycles. The number of amides is 1. The summed E-state index contributed by atoms with van der Waals surface area (Å²) in [4.78, 5) is 35.3. The molecule has 294 valence electrons. The molecule has 0 unspecified atom stereocenters. The van der Waals surface area contributed by atoms with Gasteiger partial charge in [-0.2, -0.15) is 15.0 Å². The fraction of sp³-hybridized carbons (Fsp3) is 0.262. The summed E-state index contributed by atoms with van der Waals surface area (Å²) in [5.74, 6) is 0.823. The van der Waals surface area contributed by atoms with E-state index in [-0.39, 0.29) is 17.6 Å². The predicted molar refractivity (Wildman–Crippen MR) is 219 cm³/mol. The van der Waals surface area contributed by atoms with Crippen LogP contribution >= 0.6 is 0 Å². The molecular weight excluding hydrogens is 713 g/mol. The summed E-state index contributed by atoms with van der Waals surface area (Å²) in [6.45, 7) is 6.68. The van der Waals surface area contributed by atoms with Crippen molar-refractivity contribution in [3.05, 3.63) is 132 Å². The van der Waals surface area contributed by atoms with Gasteiger partial charge in [0.15, 0.2) is 0 Å². The maximum absolute atomic E-state index is 12.1. The van der Waals surface area contributed by atoms with Crippen molar-refractivity contribution in [1.29, 1.82) is 0 Å². The van der Waals surface area contributed by atoms with Crippen molar-refractivity contribution in [1.82, 2.24) is 25.6 Å². The van der Waals surface area contributed by atoms with Crippen LogP contribution in [-0.4, -0.2) is 78.6 Å². The van der Waals surface area contributed by atoms with Gasteiger partial charge < -0.3 is 45.9 Å². The van der Waals surface area contributed by atoms with E-state index < -0.39 is 0 Å². The number of aromatic nitrogens is 3. The highest BCUT2D eigenvalue weighted by Crippen LogP contribution is 2.22. The molecule has 0 aliphatic rings. The quantitative estimate of drug-likeness (QED) is 0.0282. The van der Waals surface area contributed by atoms with E-state index in [1.807, 2.05) is 48.5 Å². The largest absolute Gasteiger partial charge is 0.508 e. The lowest BCUT2D eigenvalue weighted by molar-refractivity contribution is -0.137. The Morgan fingerprint density at radius 2 is 1.20 bits per heavy atom. The molecule has 0 radical (unpaired) electrons. The Morgan fingerprint density at radius 3 is 1.77 bits per heavy atom. The Hall–Kier alpha value is -6.51. The van der Waals surface area contributed by atoms with E-state index in [1.165, 1.54) is 19.6 Å². The molecule has 14 nitrogen and oxygen atoms in total. The number of esters is 1. The third kappa shape index (κ3) is 15.8. The van der Waals surface area contributed by atoms with Crippen molar-refractivity contribution in [2.45, 2.75) is 26.8 Å². The number of benzene rings is 4. The zero-order valence-corrected chi connectivity index (χ0v) is 32.0. The number of ether oxygens (including phenoxy) is 3. The second-order valence-corrected chi connectivity index (χ2v) is 12.0. The molecule has 6 N–H and O–H groups in total. The van der Waals surface area contributed by atoms with Gasteiger partial charge in [0, 0.05) is 49.2 Å². The first-order chi connectivity index (χ1) is 27.3. The maximum Gasteiger partial charge on any atom is 0.302 e. The SMILES string of the molecule is CC/C=C(\NCc1ccccc1)c1ccc(Nc2nc(NCCOCCOCCNC(=O)c3ccccc3)nc(Nc3ccc(O)cc3)n2)cc1.COC(C)=O. The van der Waals surface area contributed by atoms with Gasteiger partial charge in [-0.05, 0) is 66.1 Å². The van der Waals surface area contributed by atoms with Crippen molar-refractivity contribution in [2.75, 3.05) is 62.6 Å². The number of hydrogen-bond donors (Lipinski definition) is 6. The first kappa shape index (κ1) is 42.2. The molecule has 0 aliphatic carbocycles. The Balaban J connectivity index is 0.00000131. The molecule has 5 rings (SSSR count). The molecule has 4 aromatic carbocycles. The Bertz CT molecular complexity index is 1930. The van der Waals surface area contributed by atoms with Crippen LogP contribution < -0.4 is 26.6 Å². The van der Waals surface area contributed by atoms with Crippen LogP contribution in [0, 0.1) is 0 Å². The summed E-state index contributed by atoms with van der Waals surface area (Å²) in [5, 5.41) is 25.7. The van der Waals surface area contributed by atoms with Gasteiger partial charge in [-0.15, -0.1) is 0 Å². The number of nitrogens with one attached hydrogen (secondary N) is 5. The number of carbonyl (C=O) groups excluding carboxylic acids is 2. The summed E-state index contributed by atoms with van der Waals surface area (Å²) in [7, 11) is 1.35. The summed E-state index contributed by atoms with van der Waals surface area (Å²) < 4.78 is 15.4. The molecule has 5 aromatic rings. The lowest BCUT2D eigenvalue weighted by Gasteiger charge is -2.14. The normalized spacial score (nSPS) is 10.7. The minimum absolute atomic E-state index is 0.126. The van der Waals surface area contributed by atoms with Gasteiger partial charge in [0.1, 0.15) is 5.75 Å². The van der Waals surface area contributed by atoms with Gasteiger partial charge in [-0.25, -0.2) is 0 Å². The number of hydrogen-bond acceptors (Lipinski definition) is 13. The average molecular weight is 763 g/mol. The highest BCUT2D eigenvalue weighted by Gasteiger charge is 2.10. The van der Waals surface area contributed by atoms with E-state index in [1.54, 1.807) is 36.4 Å². The highest BCUT2D eigenvalue weighted by molar-refractivity contribution is 5.94. The number of anilines is 5. The van der Waals surface area contributed by atoms with E-state index in [0.717, 1.165) is 29.9 Å². The summed E-state index contributed by atoms with van der Waals surface area (Å²) >= 11 is 0. The summed E-state index contributed by atoms with van der Waals surface area (Å²) in [5.41, 5.74) is 5.50. The molecule has 1 amide bonds. The van der Waals surface area contributed by atoms with E-state index in [0.29, 0.717) is 68.6 Å². The van der Waals surface area contributed by atoms with Crippen LogP contribution in [0.1, 0.15) is 41.8 Å². The first-order valence-corrected chi connectivity index (χ1v) is 18.3. The van der Waals surface area contributed by atoms with Gasteiger partial charge >= 0.3 is 5.97 Å². The number of phenols is 1. The molecule has 1 aromatic heterocycles. The number of carbonyl (C=O) groups is 2. The second-order valence-electron chi connectivity index (χ2n) is 12.0. The lowest BCUT2D eigenvalue weighted by Crippen LogP contribution is -2.27. The fourth-order valence-electron chi connectivity index (χ4n) is 4.88. The minimum atomic E-state index is -0.245. The fourth-order valence-corrected chi connectivity index (χ4v) is 4.88. The summed E-state index contributed by atoms with van der Waals surface area (Å²) in [6.07, 6.45) is 3.09. The number of rotatable bonds is 20. The van der Waals surface area contributed by atoms with Gasteiger partial charge in [0.2, 0.25) is 17.8 Å². The van der Waals surface area contributed by atoms with Crippen LogP contribution in [0.3, 0.4) is 0 Å². The Labute approximate surface area is 327 Å². The topological polar surface area (TPSA) is 181 Å². The standard InChI is InChI=1S/C39H44N8O4.C3H6O2/c1-2-9-35(42-28-29-10-5-3-6-11-29)30-14-16-32(17-15-30)43-38-45-37(46-39(47-38)44-33-18-20-34(48)21-19-33)41-23-25-51-27-26-50-24-22-40-36(49)31-12-7-4-8-13-31;1-3(4)5-2/h3-21,42,48H,2,22-28H2,1H3,(H,40,49)(H3,41,43,44,45,46,47);1-2H3/b35-9-;. The molecule has 0 spiro atoms. The zero-order valence-electron chi connectivity index (χ0n) is 32.0. The van der Waals surface area contributed by atoms with Gasteiger partial charge in [-0.1, -0.05) is 73.7 Å². The minimum Gasteiger partial charge on any atom is -0.508 e. The second kappa shape index (κ2) is 24.0. The number of aromatic hydroxyl groups is 1. The van der Waals surface area contributed by atoms with Crippen molar-refractivity contribution >= 4 is 46.8 Å². The predicted octanol–water partition coefficient (Wildman–Crippen LogP) is 6.66. The van der Waals surface area contributed by atoms with Crippen molar-refractivity contribution in [3.63, 3.8) is 0 Å². The summed E-state index contributed by atoms with van der Waals surface area (Å²) in [6, 6.07) is 34.1. The zero-order chi connectivity index (χ0) is 39.8. The van der Waals surface area contributed by atoms with Gasteiger partial charge in [-0.3, -0.25) is 9.59 Å². The van der Waals surface area contributed by atoms with Crippen LogP contribution in [0.2, 0.25) is 0 Å². The van der Waals surface area contributed by atoms with Gasteiger partial charge in [0.25, 0.3) is 5.91 Å². The Morgan fingerprint density at radius 1 is 0.661 bits per heavy atom. The smallest absolute Gasteiger partial charge is 0.302 e. The number of allylic oxidation sites excluding steroid dienone is 1. The van der Waals surface area contributed by atoms with Crippen LogP contribution in [0.25, 0.3) is 5.70 Å². The Kier molecular flexibility index (Phi) is 18.1. The molecule has 14 heteroatoms. The monoisotopic (exact) mass is 762 g/mol. The van der Waals surface area contributed by atoms with Crippen molar-refractivity contribution in [3.8, 4) is 5.75 Å². The average Bonchev–Trinajstić information content (AvgIpc) is 3.22. The van der Waals surface area contributed by atoms with Crippen LogP contribution in [0.5, 0.6) is 5.75 Å². The van der Waals surface area contributed by atoms with Crippen LogP contribution in [0.4, 0.5) is 29.2 Å². The van der Waals surface area contributed by atoms with Crippen LogP contribution in [0.15, 0.2) is 115 Å². The first-order valence-electron chi connectivity index (χ1n) is 18.3. The number of phenolic OH excluding ortho intramolecular Hbond substituents is 1. The molecular formula is C42H50N8O6. The van der Waals surface area contributed by atoms with E-state index in [9.17, 15) is 14.7 Å². The molecule has 0 aliphatic heterocycles. The number of nitrogens with zero attached hydrogens (tertiary/aromatic N) is 3. The number of methoxy groups -OCH3 is 1. The third-order valence-electron chi connectivity index (χ3n) is 7.70. The van der Waals surface area contributed by atoms with Crippen molar-refractivity contribution < 1.29 is 28.9 Å². The molecule has 56 heavy (non-hydrogen) atoms. The third-order valence-corrected chi connectivity index (χ3v) is 7.70. The molecule has 0 bridgehead atoms. The highest BCUT2D eigenvalue weighted by atomic mass is 16.5. The molecule has 0 fully saturated rings. The van der Waals surface area contributed by atoms with Crippen LogP contribution in [-0.2, 0) is 25.5 Å². The maximum atomic E-state index is 12.1. The van der Waals surface area contributed by atoms with E-state index >= 15 is 0 Å². The molecule has 0 saturated carbocycles.